The number of fused-ring (bicyclic) bond motifs is 12. The van der Waals surface area contributed by atoms with Gasteiger partial charge in [0.1, 0.15) is 0 Å². The lowest BCUT2D eigenvalue weighted by Crippen LogP contribution is -2.62. The zero-order valence-electron chi connectivity index (χ0n) is 31.4. The predicted molar refractivity (Wildman–Crippen MR) is 226 cm³/mol. The van der Waals surface area contributed by atoms with Gasteiger partial charge in [-0.3, -0.25) is 15.0 Å². The van der Waals surface area contributed by atoms with Gasteiger partial charge in [0.2, 0.25) is 0 Å². The van der Waals surface area contributed by atoms with Crippen LogP contribution in [0.2, 0.25) is 0 Å². The Hall–Kier alpha value is -6.21. The number of anilines is 6. The summed E-state index contributed by atoms with van der Waals surface area (Å²) in [5.41, 5.74) is 16.3. The second-order valence-electron chi connectivity index (χ2n) is 17.0. The van der Waals surface area contributed by atoms with Crippen LogP contribution in [0, 0.1) is 0 Å². The molecule has 0 radical (unpaired) electrons. The lowest BCUT2D eigenvalue weighted by molar-refractivity contribution is 0.591. The van der Waals surface area contributed by atoms with Crippen molar-refractivity contribution in [3.8, 4) is 0 Å². The van der Waals surface area contributed by atoms with E-state index in [0.29, 0.717) is 0 Å². The molecule has 5 aromatic heterocycles. The molecule has 6 nitrogen and oxygen atoms in total. The van der Waals surface area contributed by atoms with Crippen LogP contribution in [0.4, 0.5) is 34.1 Å². The molecule has 7 heterocycles. The van der Waals surface area contributed by atoms with E-state index < -0.39 is 0 Å². The fourth-order valence-electron chi connectivity index (χ4n) is 9.30. The highest BCUT2D eigenvalue weighted by molar-refractivity contribution is 7.00. The van der Waals surface area contributed by atoms with Gasteiger partial charge < -0.3 is 14.2 Å². The summed E-state index contributed by atoms with van der Waals surface area (Å²) in [6.07, 6.45) is 9.77. The Labute approximate surface area is 315 Å². The van der Waals surface area contributed by atoms with Crippen LogP contribution < -0.4 is 26.3 Å². The van der Waals surface area contributed by atoms with E-state index in [4.69, 9.17) is 9.97 Å². The number of hydrogen-bond donors (Lipinski definition) is 0. The molecule has 11 rings (SSSR count). The van der Waals surface area contributed by atoms with Crippen molar-refractivity contribution in [3.05, 3.63) is 139 Å². The number of pyridine rings is 3. The molecule has 0 spiro atoms. The van der Waals surface area contributed by atoms with Crippen molar-refractivity contribution in [2.75, 3.05) is 9.80 Å². The lowest BCUT2D eigenvalue weighted by atomic mass is 9.34. The van der Waals surface area contributed by atoms with Gasteiger partial charge in [-0.05, 0) is 99.6 Å². The molecule has 2 aliphatic rings. The molecule has 0 saturated heterocycles. The molecule has 0 saturated carbocycles. The summed E-state index contributed by atoms with van der Waals surface area (Å²) in [6, 6.07) is 35.8. The summed E-state index contributed by atoms with van der Waals surface area (Å²) in [5, 5.41) is 5.03. The first-order valence-electron chi connectivity index (χ1n) is 18.9. The van der Waals surface area contributed by atoms with E-state index in [1.54, 1.807) is 0 Å². The average Bonchev–Trinajstić information content (AvgIpc) is 3.69. The fourth-order valence-corrected chi connectivity index (χ4v) is 9.30. The first-order chi connectivity index (χ1) is 26.1. The SMILES string of the molecule is CC(C)(C)c1ccc2c(c1)c1c3c4c(c5c6cc(C(C)(C)C)ccc6n2c15)N(c1cccnc1)c1cccnc1B4c1ccncc1N3c1ccccc1. The first kappa shape index (κ1) is 31.3. The van der Waals surface area contributed by atoms with Gasteiger partial charge in [-0.1, -0.05) is 71.9 Å². The van der Waals surface area contributed by atoms with Gasteiger partial charge in [-0.2, -0.15) is 0 Å². The Morgan fingerprint density at radius 1 is 0.556 bits per heavy atom. The van der Waals surface area contributed by atoms with E-state index in [9.17, 15) is 0 Å². The van der Waals surface area contributed by atoms with Gasteiger partial charge in [0, 0.05) is 51.4 Å². The van der Waals surface area contributed by atoms with Gasteiger partial charge in [0.05, 0.1) is 57.4 Å². The van der Waals surface area contributed by atoms with E-state index in [1.807, 2.05) is 37.1 Å². The highest BCUT2D eigenvalue weighted by atomic mass is 15.2. The van der Waals surface area contributed by atoms with Gasteiger partial charge in [-0.25, -0.2) is 0 Å². The van der Waals surface area contributed by atoms with E-state index >= 15 is 0 Å². The van der Waals surface area contributed by atoms with Crippen molar-refractivity contribution in [1.29, 1.82) is 0 Å². The molecule has 0 unspecified atom stereocenters. The Balaban J connectivity index is 1.46. The van der Waals surface area contributed by atoms with Crippen molar-refractivity contribution >= 4 is 95.5 Å². The van der Waals surface area contributed by atoms with Crippen LogP contribution in [-0.4, -0.2) is 26.1 Å². The van der Waals surface area contributed by atoms with Gasteiger partial charge in [0.15, 0.2) is 0 Å². The number of rotatable bonds is 2. The summed E-state index contributed by atoms with van der Waals surface area (Å²) < 4.78 is 2.54. The quantitative estimate of drug-likeness (QED) is 0.168. The van der Waals surface area contributed by atoms with Crippen molar-refractivity contribution in [3.63, 3.8) is 0 Å². The summed E-state index contributed by atoms with van der Waals surface area (Å²) >= 11 is 0. The van der Waals surface area contributed by atoms with E-state index in [-0.39, 0.29) is 17.5 Å². The molecular formula is C47H39BN6. The average molecular weight is 699 g/mol. The molecule has 0 atom stereocenters. The number of hydrogen-bond acceptors (Lipinski definition) is 5. The minimum Gasteiger partial charge on any atom is -0.309 e. The monoisotopic (exact) mass is 698 g/mol. The maximum atomic E-state index is 5.25. The molecule has 260 valence electrons. The largest absolute Gasteiger partial charge is 0.309 e. The maximum Gasteiger partial charge on any atom is 0.275 e. The van der Waals surface area contributed by atoms with Crippen LogP contribution in [0.15, 0.2) is 128 Å². The molecule has 7 heteroatoms. The Bertz CT molecular complexity index is 2780. The zero-order chi connectivity index (χ0) is 36.7. The van der Waals surface area contributed by atoms with E-state index in [2.05, 4.69) is 152 Å². The number of aromatic nitrogens is 4. The summed E-state index contributed by atoms with van der Waals surface area (Å²) in [5.74, 6) is 0. The van der Waals surface area contributed by atoms with Crippen molar-refractivity contribution in [2.45, 2.75) is 52.4 Å². The highest BCUT2D eigenvalue weighted by Gasteiger charge is 2.47. The molecule has 4 aromatic carbocycles. The summed E-state index contributed by atoms with van der Waals surface area (Å²) in [7, 11) is 0. The molecule has 0 N–H and O–H groups in total. The van der Waals surface area contributed by atoms with Crippen LogP contribution in [0.3, 0.4) is 0 Å². The van der Waals surface area contributed by atoms with E-state index in [1.165, 1.54) is 71.5 Å². The summed E-state index contributed by atoms with van der Waals surface area (Å²) in [4.78, 5) is 19.6. The zero-order valence-corrected chi connectivity index (χ0v) is 31.4. The third kappa shape index (κ3) is 4.10. The fraction of sp³-hybridized carbons (Fsp3) is 0.170. The number of nitrogens with zero attached hydrogens (tertiary/aromatic N) is 6. The number of para-hydroxylation sites is 1. The molecule has 0 amide bonds. The molecular weight excluding hydrogens is 659 g/mol. The smallest absolute Gasteiger partial charge is 0.275 e. The number of benzene rings is 4. The second-order valence-corrected chi connectivity index (χ2v) is 17.0. The minimum atomic E-state index is -0.128. The molecule has 0 bridgehead atoms. The Kier molecular flexibility index (Phi) is 6.21. The first-order valence-corrected chi connectivity index (χ1v) is 18.9. The third-order valence-electron chi connectivity index (χ3n) is 11.8. The molecule has 2 aliphatic heterocycles. The van der Waals surface area contributed by atoms with Gasteiger partial charge in [0.25, 0.3) is 6.71 Å². The molecule has 9 aromatic rings. The second kappa shape index (κ2) is 10.7. The Morgan fingerprint density at radius 3 is 1.80 bits per heavy atom. The van der Waals surface area contributed by atoms with Gasteiger partial charge >= 0.3 is 0 Å². The minimum absolute atomic E-state index is 0.0291. The van der Waals surface area contributed by atoms with Gasteiger partial charge in [-0.15, -0.1) is 0 Å². The normalized spacial score (nSPS) is 14.0. The standard InChI is InChI=1S/C47H39BN6/c1-46(2,3)28-16-18-35-32(24-28)39-42-40(33-25-29(47(4,5)6)17-19-36(33)54(35)42)44-41-43(39)52(30-12-8-7-9-13-30)38-27-50-23-20-34(38)48(41)45-37(15-11-22-51-45)53(44)31-14-10-21-49-26-31/h7-27H,1-6H3. The predicted octanol–water partition coefficient (Wildman–Crippen LogP) is 9.70. The van der Waals surface area contributed by atoms with Crippen molar-refractivity contribution < 1.29 is 0 Å². The van der Waals surface area contributed by atoms with Crippen LogP contribution in [0.1, 0.15) is 52.7 Å². The molecule has 0 aliphatic carbocycles. The van der Waals surface area contributed by atoms with Crippen molar-refractivity contribution in [1.82, 2.24) is 19.4 Å². The van der Waals surface area contributed by atoms with Crippen LogP contribution >= 0.6 is 0 Å². The lowest BCUT2D eigenvalue weighted by Gasteiger charge is -2.44. The Morgan fingerprint density at radius 2 is 1.17 bits per heavy atom. The van der Waals surface area contributed by atoms with Crippen LogP contribution in [-0.2, 0) is 10.8 Å². The van der Waals surface area contributed by atoms with Crippen LogP contribution in [0.25, 0.3) is 38.1 Å². The molecule has 54 heavy (non-hydrogen) atoms. The topological polar surface area (TPSA) is 49.6 Å². The summed E-state index contributed by atoms with van der Waals surface area (Å²) in [6.45, 7) is 13.7. The maximum absolute atomic E-state index is 5.25. The third-order valence-corrected chi connectivity index (χ3v) is 11.8. The van der Waals surface area contributed by atoms with Crippen LogP contribution in [0.5, 0.6) is 0 Å². The highest BCUT2D eigenvalue weighted by Crippen LogP contribution is 2.54. The van der Waals surface area contributed by atoms with E-state index in [0.717, 1.165) is 28.3 Å². The van der Waals surface area contributed by atoms with Crippen molar-refractivity contribution in [2.24, 2.45) is 0 Å². The molecule has 0 fully saturated rings.